The molecule has 0 aliphatic heterocycles. The summed E-state index contributed by atoms with van der Waals surface area (Å²) >= 11 is 5.92. The van der Waals surface area contributed by atoms with Crippen molar-refractivity contribution in [2.75, 3.05) is 31.3 Å². The maximum absolute atomic E-state index is 13.4. The first-order valence-corrected chi connectivity index (χ1v) is 12.2. The predicted molar refractivity (Wildman–Crippen MR) is 127 cm³/mol. The highest BCUT2D eigenvalue weighted by atomic mass is 35.5. The molecule has 0 heterocycles. The smallest absolute Gasteiger partial charge is 0.271 e. The number of carbonyl (C=O) groups excluding carboxylic acids is 2. The Morgan fingerprint density at radius 1 is 1.21 bits per heavy atom. The molecule has 0 aliphatic rings. The molecular formula is C21H25ClN4O7S. The Morgan fingerprint density at radius 2 is 1.82 bits per heavy atom. The van der Waals surface area contributed by atoms with Gasteiger partial charge in [-0.25, -0.2) is 8.42 Å². The Morgan fingerprint density at radius 3 is 2.32 bits per heavy atom. The summed E-state index contributed by atoms with van der Waals surface area (Å²) in [6, 6.07) is 9.08. The SMILES string of the molecule is CNC(=O)C(C)N(Cc1ccc(Cl)cc1)C(=O)CN(c1cc([N+](=O)[O-])ccc1OC)S(C)(=O)=O. The van der Waals surface area contributed by atoms with Crippen LogP contribution in [0.15, 0.2) is 42.5 Å². The summed E-state index contributed by atoms with van der Waals surface area (Å²) in [5.74, 6) is -1.14. The number of amides is 2. The lowest BCUT2D eigenvalue weighted by Crippen LogP contribution is -2.50. The number of nitrogens with zero attached hydrogens (tertiary/aromatic N) is 3. The van der Waals surface area contributed by atoms with Gasteiger partial charge in [0, 0.05) is 30.7 Å². The summed E-state index contributed by atoms with van der Waals surface area (Å²) in [5, 5.41) is 14.2. The Kier molecular flexibility index (Phi) is 8.82. The Labute approximate surface area is 202 Å². The fourth-order valence-corrected chi connectivity index (χ4v) is 4.13. The molecule has 2 rings (SSSR count). The Balaban J connectivity index is 2.50. The fraction of sp³-hybridized carbons (Fsp3) is 0.333. The first-order chi connectivity index (χ1) is 15.9. The second-order valence-corrected chi connectivity index (χ2v) is 9.66. The van der Waals surface area contributed by atoms with Crippen LogP contribution in [0.1, 0.15) is 12.5 Å². The summed E-state index contributed by atoms with van der Waals surface area (Å²) in [5.41, 5.74) is 0.104. The molecule has 1 atom stereocenters. The molecule has 0 aromatic heterocycles. The highest BCUT2D eigenvalue weighted by Crippen LogP contribution is 2.33. The van der Waals surface area contributed by atoms with Crippen LogP contribution in [0.2, 0.25) is 5.02 Å². The minimum atomic E-state index is -4.09. The van der Waals surface area contributed by atoms with E-state index in [1.54, 1.807) is 24.3 Å². The van der Waals surface area contributed by atoms with E-state index in [9.17, 15) is 28.1 Å². The van der Waals surface area contributed by atoms with Crippen molar-refractivity contribution in [3.05, 3.63) is 63.2 Å². The molecule has 2 amide bonds. The van der Waals surface area contributed by atoms with E-state index in [4.69, 9.17) is 16.3 Å². The van der Waals surface area contributed by atoms with E-state index in [1.807, 2.05) is 0 Å². The number of non-ortho nitro benzene ring substituents is 1. The van der Waals surface area contributed by atoms with E-state index in [2.05, 4.69) is 5.32 Å². The minimum Gasteiger partial charge on any atom is -0.495 e. The number of methoxy groups -OCH3 is 1. The molecule has 1 N–H and O–H groups in total. The number of nitrogens with one attached hydrogen (secondary N) is 1. The van der Waals surface area contributed by atoms with Gasteiger partial charge >= 0.3 is 0 Å². The van der Waals surface area contributed by atoms with E-state index in [-0.39, 0.29) is 23.7 Å². The zero-order valence-corrected chi connectivity index (χ0v) is 20.6. The van der Waals surface area contributed by atoms with Gasteiger partial charge in [-0.3, -0.25) is 24.0 Å². The van der Waals surface area contributed by atoms with Crippen molar-refractivity contribution in [1.82, 2.24) is 10.2 Å². The number of hydrogen-bond acceptors (Lipinski definition) is 7. The zero-order chi connectivity index (χ0) is 25.6. The number of rotatable bonds is 10. The van der Waals surface area contributed by atoms with Crippen LogP contribution in [0.5, 0.6) is 5.75 Å². The molecule has 34 heavy (non-hydrogen) atoms. The molecule has 0 radical (unpaired) electrons. The summed E-state index contributed by atoms with van der Waals surface area (Å²) in [7, 11) is -1.40. The number of nitro groups is 1. The van der Waals surface area contributed by atoms with Gasteiger partial charge in [-0.2, -0.15) is 0 Å². The van der Waals surface area contributed by atoms with Crippen LogP contribution in [0.4, 0.5) is 11.4 Å². The van der Waals surface area contributed by atoms with Gasteiger partial charge in [0.25, 0.3) is 5.69 Å². The molecule has 11 nitrogen and oxygen atoms in total. The second-order valence-electron chi connectivity index (χ2n) is 7.32. The van der Waals surface area contributed by atoms with Crippen molar-refractivity contribution in [2.24, 2.45) is 0 Å². The monoisotopic (exact) mass is 512 g/mol. The van der Waals surface area contributed by atoms with Crippen LogP contribution in [-0.2, 0) is 26.2 Å². The molecule has 0 bridgehead atoms. The van der Waals surface area contributed by atoms with Gasteiger partial charge in [0.05, 0.1) is 18.3 Å². The summed E-state index contributed by atoms with van der Waals surface area (Å²) in [6.45, 7) is 0.783. The number of carbonyl (C=O) groups is 2. The van der Waals surface area contributed by atoms with Crippen molar-refractivity contribution >= 4 is 44.8 Å². The van der Waals surface area contributed by atoms with Gasteiger partial charge in [0.15, 0.2) is 0 Å². The first-order valence-electron chi connectivity index (χ1n) is 9.94. The molecule has 2 aromatic carbocycles. The van der Waals surface area contributed by atoms with Crippen LogP contribution in [0.25, 0.3) is 0 Å². The second kappa shape index (κ2) is 11.2. The third kappa shape index (κ3) is 6.58. The molecule has 0 aliphatic carbocycles. The molecule has 13 heteroatoms. The van der Waals surface area contributed by atoms with E-state index < -0.39 is 39.3 Å². The van der Waals surface area contributed by atoms with E-state index in [0.29, 0.717) is 14.9 Å². The van der Waals surface area contributed by atoms with Gasteiger partial charge in [-0.1, -0.05) is 23.7 Å². The van der Waals surface area contributed by atoms with Gasteiger partial charge in [-0.15, -0.1) is 0 Å². The number of halogens is 1. The lowest BCUT2D eigenvalue weighted by molar-refractivity contribution is -0.384. The van der Waals surface area contributed by atoms with Gasteiger partial charge < -0.3 is 15.0 Å². The predicted octanol–water partition coefficient (Wildman–Crippen LogP) is 2.19. The largest absolute Gasteiger partial charge is 0.495 e. The fourth-order valence-electron chi connectivity index (χ4n) is 3.16. The van der Waals surface area contributed by atoms with Crippen molar-refractivity contribution in [1.29, 1.82) is 0 Å². The lowest BCUT2D eigenvalue weighted by atomic mass is 10.1. The Bertz CT molecular complexity index is 1170. The number of anilines is 1. The average molecular weight is 513 g/mol. The average Bonchev–Trinajstić information content (AvgIpc) is 2.79. The normalized spacial score (nSPS) is 11.9. The van der Waals surface area contributed by atoms with Gasteiger partial charge in [0.2, 0.25) is 21.8 Å². The highest BCUT2D eigenvalue weighted by molar-refractivity contribution is 7.92. The molecule has 0 saturated heterocycles. The van der Waals surface area contributed by atoms with Crippen LogP contribution in [0, 0.1) is 10.1 Å². The molecule has 0 fully saturated rings. The van der Waals surface area contributed by atoms with Crippen LogP contribution < -0.4 is 14.4 Å². The molecule has 0 saturated carbocycles. The lowest BCUT2D eigenvalue weighted by Gasteiger charge is -2.31. The van der Waals surface area contributed by atoms with Crippen LogP contribution in [-0.4, -0.2) is 63.1 Å². The maximum Gasteiger partial charge on any atom is 0.271 e. The number of hydrogen-bond donors (Lipinski definition) is 1. The zero-order valence-electron chi connectivity index (χ0n) is 19.0. The molecule has 0 spiro atoms. The molecule has 1 unspecified atom stereocenters. The van der Waals surface area contributed by atoms with Gasteiger partial charge in [0.1, 0.15) is 24.0 Å². The van der Waals surface area contributed by atoms with E-state index in [0.717, 1.165) is 18.4 Å². The number of sulfonamides is 1. The van der Waals surface area contributed by atoms with Crippen LogP contribution in [0.3, 0.4) is 0 Å². The third-order valence-electron chi connectivity index (χ3n) is 5.00. The minimum absolute atomic E-state index is 0.00569. The number of likely N-dealkylation sites (N-methyl/N-ethyl adjacent to an activating group) is 1. The third-order valence-corrected chi connectivity index (χ3v) is 6.38. The summed E-state index contributed by atoms with van der Waals surface area (Å²) in [6.07, 6.45) is 0.865. The maximum atomic E-state index is 13.4. The molecular weight excluding hydrogens is 488 g/mol. The van der Waals surface area contributed by atoms with Crippen molar-refractivity contribution in [3.63, 3.8) is 0 Å². The van der Waals surface area contributed by atoms with Crippen molar-refractivity contribution in [3.8, 4) is 5.75 Å². The molecule has 2 aromatic rings. The Hall–Kier alpha value is -3.38. The van der Waals surface area contributed by atoms with Crippen LogP contribution >= 0.6 is 11.6 Å². The number of benzene rings is 2. The van der Waals surface area contributed by atoms with E-state index in [1.165, 1.54) is 32.0 Å². The molecule has 184 valence electrons. The van der Waals surface area contributed by atoms with E-state index >= 15 is 0 Å². The topological polar surface area (TPSA) is 139 Å². The van der Waals surface area contributed by atoms with Crippen molar-refractivity contribution < 1.29 is 27.7 Å². The number of ether oxygens (including phenoxy) is 1. The quantitative estimate of drug-likeness (QED) is 0.380. The van der Waals surface area contributed by atoms with Gasteiger partial charge in [-0.05, 0) is 30.7 Å². The number of nitro benzene ring substituents is 1. The highest BCUT2D eigenvalue weighted by Gasteiger charge is 2.31. The van der Waals surface area contributed by atoms with Crippen molar-refractivity contribution in [2.45, 2.75) is 19.5 Å². The summed E-state index contributed by atoms with van der Waals surface area (Å²) < 4.78 is 31.2. The summed E-state index contributed by atoms with van der Waals surface area (Å²) in [4.78, 5) is 37.5. The standard InChI is InChI=1S/C21H25ClN4O7S/c1-14(21(28)23-2)24(12-15-5-7-16(22)8-6-15)20(27)13-25(34(4,31)32)18-11-17(26(29)30)9-10-19(18)33-3/h5-11,14H,12-13H2,1-4H3,(H,23,28). The first kappa shape index (κ1) is 26.9.